The molecule has 0 aromatic rings. The molecule has 0 heterocycles. The van der Waals surface area contributed by atoms with E-state index in [1.807, 2.05) is 6.92 Å². The van der Waals surface area contributed by atoms with Crippen molar-refractivity contribution >= 4 is 0 Å². The van der Waals surface area contributed by atoms with Crippen molar-refractivity contribution in [1.82, 2.24) is 0 Å². The number of fused-ring (bicyclic) bond motifs is 5. The van der Waals surface area contributed by atoms with E-state index in [9.17, 15) is 14.6 Å². The quantitative estimate of drug-likeness (QED) is 0.671. The highest BCUT2D eigenvalue weighted by Crippen LogP contribution is 2.65. The topological polar surface area (TPSA) is 40.5 Å². The monoisotopic (exact) mass is 308 g/mol. The number of aliphatic hydroxyl groups excluding tert-OH is 2. The number of allylic oxidation sites excluding steroid dienone is 2. The lowest BCUT2D eigenvalue weighted by Gasteiger charge is -2.58. The Morgan fingerprint density at radius 2 is 2.00 bits per heavy atom. The first-order valence-corrected chi connectivity index (χ1v) is 9.07. The highest BCUT2D eigenvalue weighted by atomic mass is 19.1. The van der Waals surface area contributed by atoms with Gasteiger partial charge in [0, 0.05) is 5.41 Å². The number of hydrogen-bond acceptors (Lipinski definition) is 2. The van der Waals surface area contributed by atoms with Crippen LogP contribution < -0.4 is 0 Å². The molecule has 124 valence electrons. The van der Waals surface area contributed by atoms with Gasteiger partial charge in [-0.1, -0.05) is 31.9 Å². The van der Waals surface area contributed by atoms with Crippen LogP contribution in [0, 0.1) is 28.6 Å². The first-order chi connectivity index (χ1) is 10.4. The summed E-state index contributed by atoms with van der Waals surface area (Å²) in [6, 6.07) is 0. The number of alkyl halides is 1. The van der Waals surface area contributed by atoms with Crippen molar-refractivity contribution in [3.63, 3.8) is 0 Å². The molecule has 0 saturated heterocycles. The second kappa shape index (κ2) is 4.80. The highest BCUT2D eigenvalue weighted by Gasteiger charge is 2.63. The molecule has 0 amide bonds. The van der Waals surface area contributed by atoms with E-state index >= 15 is 0 Å². The van der Waals surface area contributed by atoms with Gasteiger partial charge in [0.05, 0.1) is 12.2 Å². The first kappa shape index (κ1) is 15.1. The average molecular weight is 308 g/mol. The molecular formula is C19H29FO2. The minimum absolute atomic E-state index is 0.0985. The third-order valence-electron chi connectivity index (χ3n) is 7.88. The van der Waals surface area contributed by atoms with Gasteiger partial charge < -0.3 is 10.2 Å². The van der Waals surface area contributed by atoms with Crippen LogP contribution in [0.4, 0.5) is 4.39 Å². The molecular weight excluding hydrogens is 279 g/mol. The highest BCUT2D eigenvalue weighted by molar-refractivity contribution is 5.26. The van der Waals surface area contributed by atoms with Crippen molar-refractivity contribution in [3.05, 3.63) is 11.6 Å². The van der Waals surface area contributed by atoms with Crippen molar-refractivity contribution in [2.45, 2.75) is 77.2 Å². The summed E-state index contributed by atoms with van der Waals surface area (Å²) in [7, 11) is 0. The van der Waals surface area contributed by atoms with E-state index in [4.69, 9.17) is 0 Å². The molecule has 4 aliphatic carbocycles. The van der Waals surface area contributed by atoms with E-state index in [2.05, 4.69) is 13.0 Å². The minimum Gasteiger partial charge on any atom is -0.393 e. The van der Waals surface area contributed by atoms with Crippen LogP contribution in [0.5, 0.6) is 0 Å². The third-order valence-corrected chi connectivity index (χ3v) is 7.88. The van der Waals surface area contributed by atoms with Gasteiger partial charge in [-0.25, -0.2) is 4.39 Å². The number of hydrogen-bond donors (Lipinski definition) is 2. The maximum atomic E-state index is 14.2. The summed E-state index contributed by atoms with van der Waals surface area (Å²) in [6.45, 7) is 4.34. The molecule has 3 heteroatoms. The Labute approximate surface area is 132 Å². The lowest BCUT2D eigenvalue weighted by molar-refractivity contribution is -0.135. The molecule has 0 spiro atoms. The van der Waals surface area contributed by atoms with Crippen LogP contribution in [0.25, 0.3) is 0 Å². The summed E-state index contributed by atoms with van der Waals surface area (Å²) in [6.07, 6.45) is 6.80. The van der Waals surface area contributed by atoms with E-state index in [0.717, 1.165) is 12.8 Å². The lowest BCUT2D eigenvalue weighted by Crippen LogP contribution is -2.56. The molecule has 0 bridgehead atoms. The van der Waals surface area contributed by atoms with E-state index in [1.165, 1.54) is 24.8 Å². The van der Waals surface area contributed by atoms with E-state index < -0.39 is 23.8 Å². The molecule has 2 N–H and O–H groups in total. The van der Waals surface area contributed by atoms with Crippen LogP contribution in [-0.2, 0) is 0 Å². The summed E-state index contributed by atoms with van der Waals surface area (Å²) >= 11 is 0. The van der Waals surface area contributed by atoms with Gasteiger partial charge in [-0.15, -0.1) is 0 Å². The summed E-state index contributed by atoms with van der Waals surface area (Å²) in [5, 5.41) is 21.3. The molecule has 0 radical (unpaired) electrons. The molecule has 22 heavy (non-hydrogen) atoms. The van der Waals surface area contributed by atoms with Crippen molar-refractivity contribution in [3.8, 4) is 0 Å². The van der Waals surface area contributed by atoms with E-state index in [-0.39, 0.29) is 17.3 Å². The summed E-state index contributed by atoms with van der Waals surface area (Å²) in [5.74, 6) is 0.793. The number of rotatable bonds is 0. The summed E-state index contributed by atoms with van der Waals surface area (Å²) in [5.41, 5.74) is 1.19. The Hall–Kier alpha value is -0.410. The number of aliphatic hydroxyl groups is 2. The van der Waals surface area contributed by atoms with Crippen LogP contribution in [0.2, 0.25) is 0 Å². The van der Waals surface area contributed by atoms with Gasteiger partial charge in [-0.3, -0.25) is 0 Å². The van der Waals surface area contributed by atoms with Crippen molar-refractivity contribution in [2.75, 3.05) is 0 Å². The molecule has 0 unspecified atom stereocenters. The second-order valence-corrected chi connectivity index (χ2v) is 8.86. The second-order valence-electron chi connectivity index (χ2n) is 8.86. The molecule has 2 nitrogen and oxygen atoms in total. The van der Waals surface area contributed by atoms with E-state index in [1.54, 1.807) is 0 Å². The van der Waals surface area contributed by atoms with Crippen molar-refractivity contribution in [2.24, 2.45) is 28.6 Å². The van der Waals surface area contributed by atoms with Crippen LogP contribution in [0.3, 0.4) is 0 Å². The molecule has 0 aliphatic heterocycles. The Kier molecular flexibility index (Phi) is 3.30. The Morgan fingerprint density at radius 1 is 1.23 bits per heavy atom. The van der Waals surface area contributed by atoms with Crippen LogP contribution >= 0.6 is 0 Å². The summed E-state index contributed by atoms with van der Waals surface area (Å²) in [4.78, 5) is 0. The van der Waals surface area contributed by atoms with Crippen LogP contribution in [0.15, 0.2) is 11.6 Å². The van der Waals surface area contributed by atoms with Crippen molar-refractivity contribution in [1.29, 1.82) is 0 Å². The maximum Gasteiger partial charge on any atom is 0.127 e. The van der Waals surface area contributed by atoms with Gasteiger partial charge in [0.1, 0.15) is 6.17 Å². The predicted molar refractivity (Wildman–Crippen MR) is 84.0 cm³/mol. The van der Waals surface area contributed by atoms with Crippen LogP contribution in [-0.4, -0.2) is 28.6 Å². The fraction of sp³-hybridized carbons (Fsp3) is 0.895. The fourth-order valence-corrected chi connectivity index (χ4v) is 6.78. The molecule has 4 rings (SSSR count). The van der Waals surface area contributed by atoms with Crippen LogP contribution in [0.1, 0.15) is 58.8 Å². The van der Waals surface area contributed by atoms with E-state index in [0.29, 0.717) is 18.8 Å². The summed E-state index contributed by atoms with van der Waals surface area (Å²) < 4.78 is 14.2. The average Bonchev–Trinajstić information content (AvgIpc) is 2.70. The van der Waals surface area contributed by atoms with Gasteiger partial charge in [-0.05, 0) is 61.7 Å². The van der Waals surface area contributed by atoms with Gasteiger partial charge in [0.25, 0.3) is 0 Å². The zero-order valence-corrected chi connectivity index (χ0v) is 13.8. The predicted octanol–water partition coefficient (Wildman–Crippen LogP) is 3.62. The SMILES string of the molecule is C[C@]12C[C@H](O)[C@H]3[C@@H](CC=C4CCCC[C@@]43C)[C@@H]1C[C@@H](F)[C@H]2O. The largest absolute Gasteiger partial charge is 0.393 e. The zero-order chi connectivity index (χ0) is 15.7. The smallest absolute Gasteiger partial charge is 0.127 e. The lowest BCUT2D eigenvalue weighted by atomic mass is 9.47. The molecule has 0 aromatic carbocycles. The standard InChI is InChI=1S/C19H29FO2/c1-18-8-4-3-5-11(18)6-7-12-13-9-14(20)17(22)19(13,2)10-15(21)16(12)18/h6,12-17,21-22H,3-5,7-10H2,1-2H3/t12-,13-,14+,15-,16+,17+,18-,19-/m0/s1. The third kappa shape index (κ3) is 1.78. The van der Waals surface area contributed by atoms with Crippen molar-refractivity contribution < 1.29 is 14.6 Å². The van der Waals surface area contributed by atoms with Gasteiger partial charge in [0.15, 0.2) is 0 Å². The molecule has 3 saturated carbocycles. The Morgan fingerprint density at radius 3 is 2.77 bits per heavy atom. The first-order valence-electron chi connectivity index (χ1n) is 9.07. The zero-order valence-electron chi connectivity index (χ0n) is 13.8. The maximum absolute atomic E-state index is 14.2. The Balaban J connectivity index is 1.75. The fourth-order valence-electron chi connectivity index (χ4n) is 6.78. The minimum atomic E-state index is -1.12. The molecule has 8 atom stereocenters. The van der Waals surface area contributed by atoms with Gasteiger partial charge >= 0.3 is 0 Å². The molecule has 0 aromatic heterocycles. The Bertz CT molecular complexity index is 504. The van der Waals surface area contributed by atoms with Gasteiger partial charge in [-0.2, -0.15) is 0 Å². The number of halogens is 1. The normalized spacial score (nSPS) is 57.6. The molecule has 3 fully saturated rings. The van der Waals surface area contributed by atoms with Gasteiger partial charge in [0.2, 0.25) is 0 Å². The molecule has 4 aliphatic rings.